The van der Waals surface area contributed by atoms with Gasteiger partial charge in [0.1, 0.15) is 23.5 Å². The number of rotatable bonds is 5. The molecule has 0 saturated heterocycles. The van der Waals surface area contributed by atoms with Gasteiger partial charge in [-0.05, 0) is 37.1 Å². The molecule has 1 heterocycles. The van der Waals surface area contributed by atoms with E-state index in [9.17, 15) is 19.6 Å². The van der Waals surface area contributed by atoms with E-state index in [1.54, 1.807) is 0 Å². The molecule has 0 radical (unpaired) electrons. The minimum absolute atomic E-state index is 0.186. The Kier molecular flexibility index (Phi) is 5.04. The lowest BCUT2D eigenvalue weighted by Crippen LogP contribution is -2.26. The minimum Gasteiger partial charge on any atom is -0.480 e. The summed E-state index contributed by atoms with van der Waals surface area (Å²) in [5, 5.41) is 22.2. The number of aryl methyl sites for hydroxylation is 1. The molecule has 3 rings (SSSR count). The molecule has 1 atom stereocenters. The average molecular weight is 363 g/mol. The second kappa shape index (κ2) is 7.42. The molecule has 27 heavy (non-hydrogen) atoms. The quantitative estimate of drug-likeness (QED) is 0.703. The number of nitrogens with one attached hydrogen (secondary N) is 1. The maximum absolute atomic E-state index is 13.8. The summed E-state index contributed by atoms with van der Waals surface area (Å²) in [7, 11) is 0. The number of halogens is 1. The molecule has 0 amide bonds. The van der Waals surface area contributed by atoms with Gasteiger partial charge in [-0.15, -0.1) is 0 Å². The topological polar surface area (TPSA) is 86.0 Å². The fourth-order valence-corrected chi connectivity index (χ4v) is 2.88. The predicted octanol–water partition coefficient (Wildman–Crippen LogP) is 4.36. The number of benzene rings is 2. The van der Waals surface area contributed by atoms with Gasteiger partial charge in [-0.1, -0.05) is 31.2 Å². The first-order valence-corrected chi connectivity index (χ1v) is 8.56. The lowest BCUT2D eigenvalue weighted by atomic mass is 9.99. The number of aromatic nitrogens is 1. The fraction of sp³-hybridized carbons (Fsp3) is 0.190. The lowest BCUT2D eigenvalue weighted by molar-refractivity contribution is -0.137. The van der Waals surface area contributed by atoms with Crippen molar-refractivity contribution in [3.63, 3.8) is 0 Å². The Labute approximate surface area is 156 Å². The van der Waals surface area contributed by atoms with Crippen molar-refractivity contribution in [2.24, 2.45) is 0 Å². The molecular weight excluding hydrogens is 345 g/mol. The average Bonchev–Trinajstić information content (AvgIpc) is 2.67. The lowest BCUT2D eigenvalue weighted by Gasteiger charge is -2.17. The maximum atomic E-state index is 13.8. The Morgan fingerprint density at radius 3 is 2.59 bits per heavy atom. The van der Waals surface area contributed by atoms with E-state index < -0.39 is 17.8 Å². The normalized spacial score (nSPS) is 11.8. The Morgan fingerprint density at radius 2 is 2.00 bits per heavy atom. The zero-order chi connectivity index (χ0) is 19.6. The monoisotopic (exact) mass is 363 g/mol. The third-order valence-electron chi connectivity index (χ3n) is 4.43. The van der Waals surface area contributed by atoms with Crippen LogP contribution in [0.4, 0.5) is 10.1 Å². The van der Waals surface area contributed by atoms with Gasteiger partial charge in [0, 0.05) is 10.9 Å². The highest BCUT2D eigenvalue weighted by molar-refractivity contribution is 5.99. The van der Waals surface area contributed by atoms with Crippen molar-refractivity contribution in [2.45, 2.75) is 26.3 Å². The predicted molar refractivity (Wildman–Crippen MR) is 102 cm³/mol. The summed E-state index contributed by atoms with van der Waals surface area (Å²) in [6, 6.07) is 12.9. The van der Waals surface area contributed by atoms with Gasteiger partial charge in [0.05, 0.1) is 16.9 Å². The van der Waals surface area contributed by atoms with E-state index in [1.807, 2.05) is 31.2 Å². The van der Waals surface area contributed by atoms with Crippen LogP contribution in [0.5, 0.6) is 0 Å². The smallest absolute Gasteiger partial charge is 0.325 e. The van der Waals surface area contributed by atoms with Gasteiger partial charge in [-0.3, -0.25) is 4.79 Å². The van der Waals surface area contributed by atoms with Crippen molar-refractivity contribution in [3.8, 4) is 17.3 Å². The summed E-state index contributed by atoms with van der Waals surface area (Å²) in [6.45, 7) is 3.51. The van der Waals surface area contributed by atoms with Crippen LogP contribution in [0.3, 0.4) is 0 Å². The number of nitriles is 1. The Morgan fingerprint density at radius 1 is 1.30 bits per heavy atom. The summed E-state index contributed by atoms with van der Waals surface area (Å²) < 4.78 is 13.8. The van der Waals surface area contributed by atoms with Crippen molar-refractivity contribution < 1.29 is 14.3 Å². The van der Waals surface area contributed by atoms with Gasteiger partial charge < -0.3 is 10.4 Å². The number of carbonyl (C=O) groups is 1. The van der Waals surface area contributed by atoms with E-state index >= 15 is 0 Å². The van der Waals surface area contributed by atoms with E-state index in [-0.39, 0.29) is 11.3 Å². The third-order valence-corrected chi connectivity index (χ3v) is 4.43. The minimum atomic E-state index is -1.07. The van der Waals surface area contributed by atoms with Crippen LogP contribution in [0.2, 0.25) is 0 Å². The van der Waals surface area contributed by atoms with Crippen LogP contribution in [0, 0.1) is 17.1 Å². The van der Waals surface area contributed by atoms with Crippen molar-refractivity contribution in [1.82, 2.24) is 4.98 Å². The molecule has 0 aliphatic rings. The highest BCUT2D eigenvalue weighted by Gasteiger charge is 2.20. The number of anilines is 1. The second-order valence-electron chi connectivity index (χ2n) is 6.24. The van der Waals surface area contributed by atoms with Crippen LogP contribution in [-0.4, -0.2) is 22.1 Å². The highest BCUT2D eigenvalue weighted by Crippen LogP contribution is 2.34. The zero-order valence-corrected chi connectivity index (χ0v) is 15.0. The van der Waals surface area contributed by atoms with Crippen LogP contribution in [0.15, 0.2) is 42.5 Å². The molecule has 1 aromatic heterocycles. The highest BCUT2D eigenvalue weighted by atomic mass is 19.1. The first-order chi connectivity index (χ1) is 12.9. The van der Waals surface area contributed by atoms with Crippen LogP contribution in [-0.2, 0) is 11.2 Å². The van der Waals surface area contributed by atoms with E-state index in [0.717, 1.165) is 17.5 Å². The van der Waals surface area contributed by atoms with Gasteiger partial charge in [0.25, 0.3) is 0 Å². The van der Waals surface area contributed by atoms with Crippen LogP contribution >= 0.6 is 0 Å². The molecule has 0 fully saturated rings. The van der Waals surface area contributed by atoms with Gasteiger partial charge in [0.2, 0.25) is 0 Å². The van der Waals surface area contributed by atoms with Crippen LogP contribution in [0.1, 0.15) is 25.0 Å². The third kappa shape index (κ3) is 3.58. The largest absolute Gasteiger partial charge is 0.480 e. The number of hydrogen-bond acceptors (Lipinski definition) is 4. The summed E-state index contributed by atoms with van der Waals surface area (Å²) >= 11 is 0. The number of aliphatic carboxylic acids is 1. The second-order valence-corrected chi connectivity index (χ2v) is 6.24. The first kappa shape index (κ1) is 18.3. The molecular formula is C21H18FN3O2. The molecule has 0 aliphatic carbocycles. The van der Waals surface area contributed by atoms with E-state index in [0.29, 0.717) is 16.6 Å². The molecule has 2 aromatic carbocycles. The van der Waals surface area contributed by atoms with Gasteiger partial charge >= 0.3 is 5.97 Å². The molecule has 3 aromatic rings. The summed E-state index contributed by atoms with van der Waals surface area (Å²) in [5.74, 6) is -1.56. The molecule has 6 heteroatoms. The number of carboxylic acids is 1. The van der Waals surface area contributed by atoms with Crippen molar-refractivity contribution in [2.75, 3.05) is 5.32 Å². The molecule has 0 bridgehead atoms. The molecule has 0 spiro atoms. The van der Waals surface area contributed by atoms with Crippen LogP contribution in [0.25, 0.3) is 22.2 Å². The number of hydrogen-bond donors (Lipinski definition) is 2. The van der Waals surface area contributed by atoms with Gasteiger partial charge in [-0.25, -0.2) is 9.37 Å². The van der Waals surface area contributed by atoms with E-state index in [1.165, 1.54) is 25.1 Å². The fourth-order valence-electron chi connectivity index (χ4n) is 2.88. The maximum Gasteiger partial charge on any atom is 0.325 e. The zero-order valence-electron chi connectivity index (χ0n) is 15.0. The molecule has 0 saturated carbocycles. The van der Waals surface area contributed by atoms with Crippen LogP contribution < -0.4 is 5.32 Å². The van der Waals surface area contributed by atoms with Crippen molar-refractivity contribution in [1.29, 1.82) is 5.26 Å². The summed E-state index contributed by atoms with van der Waals surface area (Å²) in [6.07, 6.45) is 0.888. The number of fused-ring (bicyclic) bond motifs is 1. The Bertz CT molecular complexity index is 1060. The SMILES string of the molecule is CCc1ccc(-c2nc3ccc(F)cc3c(NC(C)C(=O)O)c2C#N)cc1. The Hall–Kier alpha value is -3.46. The van der Waals surface area contributed by atoms with Crippen molar-refractivity contribution >= 4 is 22.6 Å². The van der Waals surface area contributed by atoms with Gasteiger partial charge in [0.15, 0.2) is 0 Å². The van der Waals surface area contributed by atoms with Crippen molar-refractivity contribution in [3.05, 3.63) is 59.4 Å². The summed E-state index contributed by atoms with van der Waals surface area (Å²) in [4.78, 5) is 15.8. The molecule has 1 unspecified atom stereocenters. The standard InChI is InChI=1S/C21H18FN3O2/c1-3-13-4-6-14(7-5-13)19-17(11-23)20(24-12(2)21(26)27)16-10-15(22)8-9-18(16)25-19/h4-10,12H,3H2,1-2H3,(H,24,25)(H,26,27). The number of pyridine rings is 1. The summed E-state index contributed by atoms with van der Waals surface area (Å²) in [5.41, 5.74) is 3.25. The number of nitrogens with zero attached hydrogens (tertiary/aromatic N) is 2. The van der Waals surface area contributed by atoms with E-state index in [2.05, 4.69) is 16.4 Å². The molecule has 5 nitrogen and oxygen atoms in total. The molecule has 136 valence electrons. The van der Waals surface area contributed by atoms with Gasteiger partial charge in [-0.2, -0.15) is 5.26 Å². The number of carboxylic acid groups (broad SMARTS) is 1. The molecule has 0 aliphatic heterocycles. The first-order valence-electron chi connectivity index (χ1n) is 8.56. The van der Waals surface area contributed by atoms with E-state index in [4.69, 9.17) is 0 Å². The molecule has 2 N–H and O–H groups in total. The Balaban J connectivity index is 2.29.